The monoisotopic (exact) mass is 414 g/mol. The summed E-state index contributed by atoms with van der Waals surface area (Å²) in [6.45, 7) is 2.13. The fourth-order valence-corrected chi connectivity index (χ4v) is 3.86. The first kappa shape index (κ1) is 20.6. The molecule has 0 radical (unpaired) electrons. The van der Waals surface area contributed by atoms with E-state index in [2.05, 4.69) is 5.32 Å². The van der Waals surface area contributed by atoms with Crippen molar-refractivity contribution in [3.8, 4) is 0 Å². The van der Waals surface area contributed by atoms with Crippen LogP contribution in [0.5, 0.6) is 0 Å². The molecule has 0 unspecified atom stereocenters. The third kappa shape index (κ3) is 5.62. The molecule has 2 rings (SSSR count). The highest BCUT2D eigenvalue weighted by atomic mass is 35.5. The molecule has 0 aliphatic carbocycles. The molecule has 2 aromatic rings. The average molecular weight is 415 g/mol. The Morgan fingerprint density at radius 1 is 1.08 bits per heavy atom. The second kappa shape index (κ2) is 8.75. The molecule has 0 bridgehead atoms. The number of anilines is 2. The largest absolute Gasteiger partial charge is 0.324 e. The van der Waals surface area contributed by atoms with Crippen LogP contribution < -0.4 is 9.62 Å². The number of nitrogens with zero attached hydrogens (tertiary/aromatic N) is 1. The van der Waals surface area contributed by atoms with Crippen molar-refractivity contribution in [3.05, 3.63) is 58.1 Å². The summed E-state index contributed by atoms with van der Waals surface area (Å²) in [5.74, 6) is -0.280. The van der Waals surface area contributed by atoms with Crippen molar-refractivity contribution in [2.75, 3.05) is 22.4 Å². The smallest absolute Gasteiger partial charge is 0.232 e. The molecule has 8 heteroatoms. The predicted molar refractivity (Wildman–Crippen MR) is 108 cm³/mol. The number of halogens is 2. The molecule has 0 aromatic heterocycles. The van der Waals surface area contributed by atoms with E-state index in [1.54, 1.807) is 30.3 Å². The maximum absolute atomic E-state index is 12.1. The second-order valence-electron chi connectivity index (χ2n) is 5.92. The third-order valence-electron chi connectivity index (χ3n) is 3.71. The molecule has 0 aliphatic heterocycles. The lowest BCUT2D eigenvalue weighted by atomic mass is 10.2. The van der Waals surface area contributed by atoms with E-state index in [9.17, 15) is 13.2 Å². The van der Waals surface area contributed by atoms with Gasteiger partial charge in [0.25, 0.3) is 0 Å². The van der Waals surface area contributed by atoms with Gasteiger partial charge in [-0.15, -0.1) is 0 Å². The van der Waals surface area contributed by atoms with E-state index in [1.165, 1.54) is 4.31 Å². The third-order valence-corrected chi connectivity index (χ3v) is 5.54. The number of amides is 1. The molecule has 0 aliphatic rings. The summed E-state index contributed by atoms with van der Waals surface area (Å²) in [6, 6.07) is 12.1. The lowest BCUT2D eigenvalue weighted by Crippen LogP contribution is -2.31. The van der Waals surface area contributed by atoms with Crippen LogP contribution in [0.2, 0.25) is 10.0 Å². The molecular formula is C18H20Cl2N2O3S. The molecule has 0 heterocycles. The second-order valence-corrected chi connectivity index (χ2v) is 8.64. The molecule has 0 saturated heterocycles. The molecule has 140 valence electrons. The summed E-state index contributed by atoms with van der Waals surface area (Å²) in [6.07, 6.45) is 1.64. The van der Waals surface area contributed by atoms with Crippen molar-refractivity contribution >= 4 is 50.5 Å². The number of carbonyl (C=O) groups is 1. The minimum absolute atomic E-state index is 0.138. The number of para-hydroxylation sites is 1. The fourth-order valence-electron chi connectivity index (χ4n) is 2.40. The SMILES string of the molecule is Cc1ccc(N(CCCC(=O)Nc2c(Cl)cccc2Cl)S(C)(=O)=O)cc1. The van der Waals surface area contributed by atoms with Crippen LogP contribution in [0.4, 0.5) is 11.4 Å². The maximum Gasteiger partial charge on any atom is 0.232 e. The molecule has 26 heavy (non-hydrogen) atoms. The molecular weight excluding hydrogens is 395 g/mol. The zero-order valence-electron chi connectivity index (χ0n) is 14.5. The van der Waals surface area contributed by atoms with E-state index in [0.717, 1.165) is 11.8 Å². The van der Waals surface area contributed by atoms with E-state index >= 15 is 0 Å². The van der Waals surface area contributed by atoms with E-state index < -0.39 is 10.0 Å². The summed E-state index contributed by atoms with van der Waals surface area (Å²) in [5, 5.41) is 3.37. The summed E-state index contributed by atoms with van der Waals surface area (Å²) >= 11 is 12.0. The van der Waals surface area contributed by atoms with Crippen LogP contribution in [0.25, 0.3) is 0 Å². The molecule has 0 spiro atoms. The summed E-state index contributed by atoms with van der Waals surface area (Å²) in [7, 11) is -3.44. The highest BCUT2D eigenvalue weighted by molar-refractivity contribution is 7.92. The van der Waals surface area contributed by atoms with Gasteiger partial charge in [-0.3, -0.25) is 9.10 Å². The van der Waals surface area contributed by atoms with Crippen molar-refractivity contribution in [1.82, 2.24) is 0 Å². The van der Waals surface area contributed by atoms with Crippen molar-refractivity contribution in [3.63, 3.8) is 0 Å². The number of hydrogen-bond acceptors (Lipinski definition) is 3. The quantitative estimate of drug-likeness (QED) is 0.725. The minimum Gasteiger partial charge on any atom is -0.324 e. The number of sulfonamides is 1. The van der Waals surface area contributed by atoms with Crippen LogP contribution in [0.3, 0.4) is 0 Å². The summed E-state index contributed by atoms with van der Waals surface area (Å²) in [5.41, 5.74) is 1.98. The van der Waals surface area contributed by atoms with Crippen LogP contribution in [-0.2, 0) is 14.8 Å². The van der Waals surface area contributed by atoms with Crippen LogP contribution in [0.1, 0.15) is 18.4 Å². The number of benzene rings is 2. The fraction of sp³-hybridized carbons (Fsp3) is 0.278. The van der Waals surface area contributed by atoms with Gasteiger partial charge in [0.2, 0.25) is 15.9 Å². The first-order valence-electron chi connectivity index (χ1n) is 7.97. The minimum atomic E-state index is -3.44. The number of rotatable bonds is 7. The zero-order valence-corrected chi connectivity index (χ0v) is 16.8. The van der Waals surface area contributed by atoms with Crippen LogP contribution >= 0.6 is 23.2 Å². The maximum atomic E-state index is 12.1. The summed E-state index contributed by atoms with van der Waals surface area (Å²) < 4.78 is 25.4. The Labute approximate surface area is 164 Å². The number of hydrogen-bond donors (Lipinski definition) is 1. The Balaban J connectivity index is 1.99. The van der Waals surface area contributed by atoms with E-state index in [0.29, 0.717) is 27.8 Å². The average Bonchev–Trinajstić information content (AvgIpc) is 2.55. The Kier molecular flexibility index (Phi) is 6.92. The van der Waals surface area contributed by atoms with Gasteiger partial charge in [0, 0.05) is 13.0 Å². The van der Waals surface area contributed by atoms with Gasteiger partial charge in [-0.05, 0) is 37.6 Å². The Morgan fingerprint density at radius 3 is 2.19 bits per heavy atom. The molecule has 1 N–H and O–H groups in total. The molecule has 0 saturated carbocycles. The predicted octanol–water partition coefficient (Wildman–Crippen LogP) is 4.49. The van der Waals surface area contributed by atoms with Gasteiger partial charge in [0.05, 0.1) is 27.7 Å². The summed E-state index contributed by atoms with van der Waals surface area (Å²) in [4.78, 5) is 12.1. The van der Waals surface area contributed by atoms with Gasteiger partial charge >= 0.3 is 0 Å². The molecule has 2 aromatic carbocycles. The molecule has 5 nitrogen and oxygen atoms in total. The van der Waals surface area contributed by atoms with Gasteiger partial charge in [0.1, 0.15) is 0 Å². The first-order chi connectivity index (χ1) is 12.2. The van der Waals surface area contributed by atoms with Crippen molar-refractivity contribution < 1.29 is 13.2 Å². The van der Waals surface area contributed by atoms with Gasteiger partial charge in [-0.1, -0.05) is 47.0 Å². The van der Waals surface area contributed by atoms with E-state index in [1.807, 2.05) is 19.1 Å². The number of aryl methyl sites for hydroxylation is 1. The molecule has 0 fully saturated rings. The number of nitrogens with one attached hydrogen (secondary N) is 1. The lowest BCUT2D eigenvalue weighted by molar-refractivity contribution is -0.116. The normalized spacial score (nSPS) is 11.2. The zero-order chi connectivity index (χ0) is 19.3. The topological polar surface area (TPSA) is 66.5 Å². The Hall–Kier alpha value is -1.76. The van der Waals surface area contributed by atoms with Crippen molar-refractivity contribution in [2.45, 2.75) is 19.8 Å². The number of carbonyl (C=O) groups excluding carboxylic acids is 1. The highest BCUT2D eigenvalue weighted by Gasteiger charge is 2.18. The van der Waals surface area contributed by atoms with Crippen LogP contribution in [0.15, 0.2) is 42.5 Å². The lowest BCUT2D eigenvalue weighted by Gasteiger charge is -2.22. The molecule has 0 atom stereocenters. The first-order valence-corrected chi connectivity index (χ1v) is 10.6. The van der Waals surface area contributed by atoms with Gasteiger partial charge in [-0.2, -0.15) is 0 Å². The van der Waals surface area contributed by atoms with Crippen LogP contribution in [0, 0.1) is 6.92 Å². The molecule has 1 amide bonds. The Morgan fingerprint density at radius 2 is 1.65 bits per heavy atom. The van der Waals surface area contributed by atoms with Gasteiger partial charge in [0.15, 0.2) is 0 Å². The van der Waals surface area contributed by atoms with Crippen LogP contribution in [-0.4, -0.2) is 27.1 Å². The van der Waals surface area contributed by atoms with Crippen molar-refractivity contribution in [1.29, 1.82) is 0 Å². The van der Waals surface area contributed by atoms with E-state index in [-0.39, 0.29) is 18.9 Å². The standard InChI is InChI=1S/C18H20Cl2N2O3S/c1-13-8-10-14(11-9-13)22(26(2,24)25)12-4-7-17(23)21-18-15(19)5-3-6-16(18)20/h3,5-6,8-11H,4,7,12H2,1-2H3,(H,21,23). The van der Waals surface area contributed by atoms with Gasteiger partial charge < -0.3 is 5.32 Å². The van der Waals surface area contributed by atoms with Gasteiger partial charge in [-0.25, -0.2) is 8.42 Å². The van der Waals surface area contributed by atoms with Crippen molar-refractivity contribution in [2.24, 2.45) is 0 Å². The van der Waals surface area contributed by atoms with E-state index in [4.69, 9.17) is 23.2 Å². The Bertz CT molecular complexity index is 864. The highest BCUT2D eigenvalue weighted by Crippen LogP contribution is 2.30.